The number of carbonyl (C=O) groups excluding carboxylic acids is 1. The zero-order valence-corrected chi connectivity index (χ0v) is 18.7. The van der Waals surface area contributed by atoms with Crippen molar-refractivity contribution in [3.05, 3.63) is 69.8 Å². The van der Waals surface area contributed by atoms with Gasteiger partial charge in [-0.15, -0.1) is 0 Å². The number of hydrogen-bond acceptors (Lipinski definition) is 7. The van der Waals surface area contributed by atoms with Crippen molar-refractivity contribution in [2.45, 2.75) is 6.92 Å². The zero-order valence-electron chi connectivity index (χ0n) is 17.9. The molecule has 2 heterocycles. The molecular formula is C23H25N5O3S. The van der Waals surface area contributed by atoms with Crippen LogP contribution in [0.4, 0.5) is 10.8 Å². The van der Waals surface area contributed by atoms with Gasteiger partial charge in [0, 0.05) is 57.5 Å². The second-order valence-corrected chi connectivity index (χ2v) is 8.78. The van der Waals surface area contributed by atoms with Crippen molar-refractivity contribution < 1.29 is 9.72 Å². The van der Waals surface area contributed by atoms with Gasteiger partial charge in [0.15, 0.2) is 5.13 Å². The molecule has 0 radical (unpaired) electrons. The van der Waals surface area contributed by atoms with E-state index in [1.807, 2.05) is 0 Å². The molecule has 32 heavy (non-hydrogen) atoms. The summed E-state index contributed by atoms with van der Waals surface area (Å²) < 4.78 is 1.23. The average molecular weight is 452 g/mol. The highest BCUT2D eigenvalue weighted by Gasteiger charge is 2.19. The first-order chi connectivity index (χ1) is 15.5. The van der Waals surface area contributed by atoms with Crippen LogP contribution in [0.2, 0.25) is 0 Å². The van der Waals surface area contributed by atoms with Crippen LogP contribution in [0, 0.1) is 17.0 Å². The van der Waals surface area contributed by atoms with E-state index in [1.54, 1.807) is 29.5 Å². The van der Waals surface area contributed by atoms with E-state index in [4.69, 9.17) is 4.98 Å². The highest BCUT2D eigenvalue weighted by atomic mass is 32.1. The molecule has 1 aliphatic heterocycles. The maximum absolute atomic E-state index is 12.1. The number of piperazine rings is 1. The lowest BCUT2D eigenvalue weighted by Gasteiger charge is -2.34. The molecule has 0 bridgehead atoms. The number of fused-ring (bicyclic) bond motifs is 1. The van der Waals surface area contributed by atoms with Crippen molar-refractivity contribution in [2.24, 2.45) is 0 Å². The molecule has 1 fully saturated rings. The predicted octanol–water partition coefficient (Wildman–Crippen LogP) is 3.46. The van der Waals surface area contributed by atoms with E-state index in [1.165, 1.54) is 28.5 Å². The Kier molecular flexibility index (Phi) is 6.77. The number of aromatic nitrogens is 1. The van der Waals surface area contributed by atoms with Gasteiger partial charge < -0.3 is 10.2 Å². The first kappa shape index (κ1) is 21.9. The third-order valence-electron chi connectivity index (χ3n) is 5.41. The van der Waals surface area contributed by atoms with Gasteiger partial charge in [0.05, 0.1) is 15.1 Å². The molecule has 1 aliphatic rings. The number of aryl methyl sites for hydroxylation is 1. The molecule has 9 heteroatoms. The van der Waals surface area contributed by atoms with Crippen LogP contribution in [0.1, 0.15) is 11.1 Å². The van der Waals surface area contributed by atoms with Crippen LogP contribution >= 0.6 is 11.3 Å². The monoisotopic (exact) mass is 451 g/mol. The Bertz CT molecular complexity index is 1150. The molecule has 0 unspecified atom stereocenters. The van der Waals surface area contributed by atoms with E-state index in [2.05, 4.69) is 40.2 Å². The van der Waals surface area contributed by atoms with Crippen molar-refractivity contribution in [1.82, 2.24) is 15.2 Å². The Labute approximate surface area is 190 Å². The van der Waals surface area contributed by atoms with Gasteiger partial charge in [0.2, 0.25) is 5.91 Å². The fourth-order valence-electron chi connectivity index (χ4n) is 3.63. The Morgan fingerprint density at radius 1 is 1.22 bits per heavy atom. The maximum Gasteiger partial charge on any atom is 0.270 e. The summed E-state index contributed by atoms with van der Waals surface area (Å²) in [6, 6.07) is 12.6. The second-order valence-electron chi connectivity index (χ2n) is 7.77. The summed E-state index contributed by atoms with van der Waals surface area (Å²) in [5, 5.41) is 14.8. The number of nitrogens with one attached hydrogen (secondary N) is 1. The van der Waals surface area contributed by atoms with Crippen LogP contribution in [-0.4, -0.2) is 60.0 Å². The number of non-ortho nitro benzene ring substituents is 1. The molecule has 0 atom stereocenters. The number of nitro groups is 1. The van der Waals surface area contributed by atoms with Crippen molar-refractivity contribution >= 4 is 44.4 Å². The molecule has 0 aliphatic carbocycles. The fourth-order valence-corrected chi connectivity index (χ4v) is 4.74. The fraction of sp³-hybridized carbons (Fsp3) is 0.304. The summed E-state index contributed by atoms with van der Waals surface area (Å²) in [5.41, 5.74) is 2.93. The number of thiazole rings is 1. The van der Waals surface area contributed by atoms with E-state index in [0.29, 0.717) is 12.1 Å². The lowest BCUT2D eigenvalue weighted by Crippen LogP contribution is -2.48. The van der Waals surface area contributed by atoms with E-state index in [0.717, 1.165) is 43.4 Å². The van der Waals surface area contributed by atoms with Gasteiger partial charge in [0.25, 0.3) is 5.69 Å². The highest BCUT2D eigenvalue weighted by Crippen LogP contribution is 2.30. The molecule has 1 aromatic heterocycles. The lowest BCUT2D eigenvalue weighted by atomic mass is 10.2. The van der Waals surface area contributed by atoms with Crippen LogP contribution < -0.4 is 10.2 Å². The number of hydrogen-bond donors (Lipinski definition) is 1. The molecule has 0 spiro atoms. The van der Waals surface area contributed by atoms with Gasteiger partial charge >= 0.3 is 0 Å². The third kappa shape index (κ3) is 5.49. The van der Waals surface area contributed by atoms with Gasteiger partial charge in [-0.2, -0.15) is 0 Å². The van der Waals surface area contributed by atoms with Gasteiger partial charge in [-0.1, -0.05) is 29.5 Å². The molecule has 166 valence electrons. The minimum atomic E-state index is -0.449. The Morgan fingerprint density at radius 3 is 2.81 bits per heavy atom. The largest absolute Gasteiger partial charge is 0.351 e. The summed E-state index contributed by atoms with van der Waals surface area (Å²) in [4.78, 5) is 31.9. The number of rotatable bonds is 7. The summed E-state index contributed by atoms with van der Waals surface area (Å²) in [6.45, 7) is 7.11. The number of nitro benzene ring substituents is 1. The SMILES string of the molecule is Cc1ccc2nc(N3CCN(CCNC(=O)/C=C/c4cccc([N+](=O)[O-])c4)CC3)sc2c1. The van der Waals surface area contributed by atoms with Crippen molar-refractivity contribution in [3.63, 3.8) is 0 Å². The molecule has 2 aromatic carbocycles. The predicted molar refractivity (Wildman–Crippen MR) is 128 cm³/mol. The molecular weight excluding hydrogens is 426 g/mol. The number of carbonyl (C=O) groups is 1. The minimum absolute atomic E-state index is 0.00709. The first-order valence-electron chi connectivity index (χ1n) is 10.5. The molecule has 1 saturated heterocycles. The zero-order chi connectivity index (χ0) is 22.5. The van der Waals surface area contributed by atoms with Crippen molar-refractivity contribution in [3.8, 4) is 0 Å². The molecule has 8 nitrogen and oxygen atoms in total. The van der Waals surface area contributed by atoms with E-state index >= 15 is 0 Å². The third-order valence-corrected chi connectivity index (χ3v) is 6.49. The molecule has 4 rings (SSSR count). The number of nitrogens with zero attached hydrogens (tertiary/aromatic N) is 4. The van der Waals surface area contributed by atoms with E-state index in [-0.39, 0.29) is 11.6 Å². The van der Waals surface area contributed by atoms with Gasteiger partial charge in [-0.25, -0.2) is 4.98 Å². The number of benzene rings is 2. The van der Waals surface area contributed by atoms with E-state index < -0.39 is 4.92 Å². The Balaban J connectivity index is 1.20. The first-order valence-corrected chi connectivity index (χ1v) is 11.3. The van der Waals surface area contributed by atoms with Crippen LogP contribution in [0.5, 0.6) is 0 Å². The number of anilines is 1. The topological polar surface area (TPSA) is 91.6 Å². The Morgan fingerprint density at radius 2 is 2.03 bits per heavy atom. The minimum Gasteiger partial charge on any atom is -0.351 e. The highest BCUT2D eigenvalue weighted by molar-refractivity contribution is 7.22. The van der Waals surface area contributed by atoms with Crippen LogP contribution in [0.3, 0.4) is 0 Å². The van der Waals surface area contributed by atoms with Crippen LogP contribution in [-0.2, 0) is 4.79 Å². The van der Waals surface area contributed by atoms with Gasteiger partial charge in [0.1, 0.15) is 0 Å². The van der Waals surface area contributed by atoms with Gasteiger partial charge in [-0.3, -0.25) is 19.8 Å². The summed E-state index contributed by atoms with van der Waals surface area (Å²) >= 11 is 1.74. The molecule has 1 amide bonds. The van der Waals surface area contributed by atoms with E-state index in [9.17, 15) is 14.9 Å². The summed E-state index contributed by atoms with van der Waals surface area (Å²) in [7, 11) is 0. The number of amides is 1. The lowest BCUT2D eigenvalue weighted by molar-refractivity contribution is -0.384. The smallest absolute Gasteiger partial charge is 0.270 e. The maximum atomic E-state index is 12.1. The molecule has 1 N–H and O–H groups in total. The second kappa shape index (κ2) is 9.88. The summed E-state index contributed by atoms with van der Waals surface area (Å²) in [6.07, 6.45) is 2.99. The average Bonchev–Trinajstić information content (AvgIpc) is 3.21. The standard InChI is InChI=1S/C23H25N5O3S/c1-17-5-7-20-21(15-17)32-23(25-20)27-13-11-26(12-14-27)10-9-24-22(29)8-6-18-3-2-4-19(16-18)28(30)31/h2-8,15-16H,9-14H2,1H3,(H,24,29)/b8-6+. The Hall–Kier alpha value is -3.30. The van der Waals surface area contributed by atoms with Crippen LogP contribution in [0.15, 0.2) is 48.5 Å². The van der Waals surface area contributed by atoms with Crippen LogP contribution in [0.25, 0.3) is 16.3 Å². The van der Waals surface area contributed by atoms with Gasteiger partial charge in [-0.05, 0) is 36.3 Å². The molecule has 3 aromatic rings. The normalized spacial score (nSPS) is 14.8. The molecule has 0 saturated carbocycles. The summed E-state index contributed by atoms with van der Waals surface area (Å²) in [5.74, 6) is -0.208. The van der Waals surface area contributed by atoms with Crippen molar-refractivity contribution in [1.29, 1.82) is 0 Å². The van der Waals surface area contributed by atoms with Crippen molar-refractivity contribution in [2.75, 3.05) is 44.2 Å². The quantitative estimate of drug-likeness (QED) is 0.336.